The van der Waals surface area contributed by atoms with E-state index < -0.39 is 5.91 Å². The molecule has 0 saturated carbocycles. The highest BCUT2D eigenvalue weighted by molar-refractivity contribution is 6.44. The Morgan fingerprint density at radius 2 is 1.96 bits per heavy atom. The summed E-state index contributed by atoms with van der Waals surface area (Å²) in [6, 6.07) is 4.78. The van der Waals surface area contributed by atoms with E-state index in [0.717, 1.165) is 12.8 Å². The van der Waals surface area contributed by atoms with E-state index in [2.05, 4.69) is 15.6 Å². The summed E-state index contributed by atoms with van der Waals surface area (Å²) in [6.07, 6.45) is 1.85. The number of benzene rings is 1. The van der Waals surface area contributed by atoms with Crippen LogP contribution in [0.25, 0.3) is 0 Å². The lowest BCUT2D eigenvalue weighted by atomic mass is 10.2. The molecular weight excluding hydrogens is 363 g/mol. The van der Waals surface area contributed by atoms with Crippen LogP contribution in [0.2, 0.25) is 10.0 Å². The number of aromatic nitrogens is 2. The fourth-order valence-corrected chi connectivity index (χ4v) is 2.66. The van der Waals surface area contributed by atoms with Crippen LogP contribution in [0, 0.1) is 6.92 Å². The van der Waals surface area contributed by atoms with Gasteiger partial charge in [-0.05, 0) is 25.5 Å². The number of halogens is 2. The molecule has 1 aromatic carbocycles. The molecule has 1 heterocycles. The van der Waals surface area contributed by atoms with Crippen molar-refractivity contribution >= 4 is 40.8 Å². The maximum Gasteiger partial charge on any atom is 0.271 e. The molecule has 25 heavy (non-hydrogen) atoms. The minimum absolute atomic E-state index is 0.156. The zero-order chi connectivity index (χ0) is 18.6. The Hall–Kier alpha value is -2.05. The Bertz CT molecular complexity index is 802. The number of rotatable bonds is 6. The van der Waals surface area contributed by atoms with Crippen LogP contribution in [0.1, 0.15) is 46.4 Å². The molecule has 0 spiro atoms. The maximum atomic E-state index is 12.5. The number of imidazole rings is 1. The van der Waals surface area contributed by atoms with Gasteiger partial charge in [0.05, 0.1) is 15.6 Å². The van der Waals surface area contributed by atoms with Crippen molar-refractivity contribution in [3.63, 3.8) is 0 Å². The van der Waals surface area contributed by atoms with Crippen molar-refractivity contribution in [2.45, 2.75) is 26.7 Å². The van der Waals surface area contributed by atoms with Crippen molar-refractivity contribution in [1.82, 2.24) is 14.9 Å². The first-order valence-electron chi connectivity index (χ1n) is 7.93. The average molecular weight is 383 g/mol. The summed E-state index contributed by atoms with van der Waals surface area (Å²) in [4.78, 5) is 29.2. The van der Waals surface area contributed by atoms with Crippen molar-refractivity contribution in [2.75, 3.05) is 11.9 Å². The third kappa shape index (κ3) is 4.32. The van der Waals surface area contributed by atoms with Crippen LogP contribution in [0.5, 0.6) is 0 Å². The van der Waals surface area contributed by atoms with E-state index in [-0.39, 0.29) is 27.3 Å². The lowest BCUT2D eigenvalue weighted by Crippen LogP contribution is -2.28. The van der Waals surface area contributed by atoms with Crippen LogP contribution in [-0.4, -0.2) is 27.9 Å². The topological polar surface area (TPSA) is 76.0 Å². The monoisotopic (exact) mass is 382 g/mol. The summed E-state index contributed by atoms with van der Waals surface area (Å²) in [5, 5.41) is 5.92. The molecule has 0 radical (unpaired) electrons. The minimum Gasteiger partial charge on any atom is -0.351 e. The van der Waals surface area contributed by atoms with Gasteiger partial charge in [0, 0.05) is 13.6 Å². The van der Waals surface area contributed by atoms with Gasteiger partial charge < -0.3 is 15.2 Å². The smallest absolute Gasteiger partial charge is 0.271 e. The van der Waals surface area contributed by atoms with Crippen LogP contribution < -0.4 is 10.6 Å². The second kappa shape index (κ2) is 8.36. The molecule has 0 aliphatic rings. The normalized spacial score (nSPS) is 10.6. The van der Waals surface area contributed by atoms with Crippen molar-refractivity contribution in [3.05, 3.63) is 45.3 Å². The molecule has 0 saturated heterocycles. The SMILES string of the molecule is CCCCNC(=O)c1c(NC(=O)c2cccc(Cl)c2Cl)nc(C)n1C. The largest absolute Gasteiger partial charge is 0.351 e. The molecule has 0 unspecified atom stereocenters. The highest BCUT2D eigenvalue weighted by Gasteiger charge is 2.22. The zero-order valence-electron chi connectivity index (χ0n) is 14.3. The fraction of sp³-hybridized carbons (Fsp3) is 0.353. The fourth-order valence-electron chi connectivity index (χ4n) is 2.27. The van der Waals surface area contributed by atoms with Crippen LogP contribution in [0.3, 0.4) is 0 Å². The molecule has 2 amide bonds. The number of hydrogen-bond acceptors (Lipinski definition) is 3. The maximum absolute atomic E-state index is 12.5. The number of carbonyl (C=O) groups is 2. The van der Waals surface area contributed by atoms with Gasteiger partial charge >= 0.3 is 0 Å². The molecule has 8 heteroatoms. The number of carbonyl (C=O) groups excluding carboxylic acids is 2. The second-order valence-electron chi connectivity index (χ2n) is 5.58. The number of nitrogens with zero attached hydrogens (tertiary/aromatic N) is 2. The Balaban J connectivity index is 2.27. The molecule has 0 bridgehead atoms. The van der Waals surface area contributed by atoms with E-state index >= 15 is 0 Å². The van der Waals surface area contributed by atoms with Gasteiger partial charge in [-0.3, -0.25) is 9.59 Å². The van der Waals surface area contributed by atoms with E-state index in [1.165, 1.54) is 0 Å². The number of anilines is 1. The molecule has 0 aliphatic heterocycles. The first-order chi connectivity index (χ1) is 11.9. The Kier molecular flexibility index (Phi) is 6.45. The Morgan fingerprint density at radius 1 is 1.24 bits per heavy atom. The van der Waals surface area contributed by atoms with Gasteiger partial charge in [-0.15, -0.1) is 0 Å². The summed E-state index contributed by atoms with van der Waals surface area (Å²) in [6.45, 7) is 4.36. The molecule has 0 atom stereocenters. The van der Waals surface area contributed by atoms with Crippen LogP contribution in [-0.2, 0) is 7.05 Å². The number of nitrogens with one attached hydrogen (secondary N) is 2. The van der Waals surface area contributed by atoms with Gasteiger partial charge in [-0.2, -0.15) is 0 Å². The zero-order valence-corrected chi connectivity index (χ0v) is 15.8. The molecule has 0 aliphatic carbocycles. The molecule has 134 valence electrons. The standard InChI is InChI=1S/C17H20Cl2N4O2/c1-4-5-9-20-17(25)14-15(21-10(2)23(14)3)22-16(24)11-7-6-8-12(18)13(11)19/h6-8H,4-5,9H2,1-3H3,(H,20,25)(H,22,24). The second-order valence-corrected chi connectivity index (χ2v) is 6.37. The number of hydrogen-bond donors (Lipinski definition) is 2. The molecule has 6 nitrogen and oxygen atoms in total. The quantitative estimate of drug-likeness (QED) is 0.745. The van der Waals surface area contributed by atoms with E-state index in [1.54, 1.807) is 36.7 Å². The lowest BCUT2D eigenvalue weighted by molar-refractivity contribution is 0.0945. The van der Waals surface area contributed by atoms with Crippen LogP contribution >= 0.6 is 23.2 Å². The van der Waals surface area contributed by atoms with Crippen molar-refractivity contribution in [1.29, 1.82) is 0 Å². The summed E-state index contributed by atoms with van der Waals surface area (Å²) in [7, 11) is 1.72. The summed E-state index contributed by atoms with van der Waals surface area (Å²) < 4.78 is 1.64. The van der Waals surface area contributed by atoms with E-state index in [4.69, 9.17) is 23.2 Å². The molecule has 2 aromatic rings. The van der Waals surface area contributed by atoms with Crippen molar-refractivity contribution in [3.8, 4) is 0 Å². The van der Waals surface area contributed by atoms with E-state index in [1.807, 2.05) is 6.92 Å². The predicted octanol–water partition coefficient (Wildman–Crippen LogP) is 3.82. The lowest BCUT2D eigenvalue weighted by Gasteiger charge is -2.09. The highest BCUT2D eigenvalue weighted by Crippen LogP contribution is 2.26. The Labute approximate surface area is 156 Å². The predicted molar refractivity (Wildman–Crippen MR) is 99.6 cm³/mol. The van der Waals surface area contributed by atoms with Gasteiger partial charge in [-0.1, -0.05) is 42.6 Å². The summed E-state index contributed by atoms with van der Waals surface area (Å²) in [5.41, 5.74) is 0.509. The number of amides is 2. The molecule has 2 N–H and O–H groups in total. The molecule has 0 fully saturated rings. The summed E-state index contributed by atoms with van der Waals surface area (Å²) >= 11 is 12.0. The van der Waals surface area contributed by atoms with Gasteiger partial charge in [-0.25, -0.2) is 4.98 Å². The average Bonchev–Trinajstić information content (AvgIpc) is 2.84. The van der Waals surface area contributed by atoms with Gasteiger partial charge in [0.1, 0.15) is 5.82 Å². The van der Waals surface area contributed by atoms with Gasteiger partial charge in [0.15, 0.2) is 11.5 Å². The van der Waals surface area contributed by atoms with Crippen LogP contribution in [0.15, 0.2) is 18.2 Å². The van der Waals surface area contributed by atoms with Crippen molar-refractivity contribution < 1.29 is 9.59 Å². The number of aryl methyl sites for hydroxylation is 1. The minimum atomic E-state index is -0.479. The number of unbranched alkanes of at least 4 members (excludes halogenated alkanes) is 1. The first-order valence-corrected chi connectivity index (χ1v) is 8.69. The molecular formula is C17H20Cl2N4O2. The summed E-state index contributed by atoms with van der Waals surface area (Å²) in [5.74, 6) is 0.0282. The van der Waals surface area contributed by atoms with Gasteiger partial charge in [0.25, 0.3) is 11.8 Å². The Morgan fingerprint density at radius 3 is 2.64 bits per heavy atom. The van der Waals surface area contributed by atoms with Crippen LogP contribution in [0.4, 0.5) is 5.82 Å². The molecule has 2 rings (SSSR count). The highest BCUT2D eigenvalue weighted by atomic mass is 35.5. The third-order valence-electron chi connectivity index (χ3n) is 3.78. The molecule has 1 aromatic heterocycles. The third-order valence-corrected chi connectivity index (χ3v) is 4.60. The van der Waals surface area contributed by atoms with Gasteiger partial charge in [0.2, 0.25) is 0 Å². The van der Waals surface area contributed by atoms with E-state index in [9.17, 15) is 9.59 Å². The van der Waals surface area contributed by atoms with E-state index in [0.29, 0.717) is 18.1 Å². The first kappa shape index (κ1) is 19.3. The van der Waals surface area contributed by atoms with Crippen molar-refractivity contribution in [2.24, 2.45) is 7.05 Å².